The van der Waals surface area contributed by atoms with Crippen molar-refractivity contribution in [3.8, 4) is 0 Å². The Balaban J connectivity index is 1.92. The highest BCUT2D eigenvalue weighted by atomic mass is 16.7. The highest BCUT2D eigenvalue weighted by molar-refractivity contribution is 5.16. The number of benzene rings is 1. The van der Waals surface area contributed by atoms with Crippen LogP contribution < -0.4 is 0 Å². The molecule has 0 bridgehead atoms. The summed E-state index contributed by atoms with van der Waals surface area (Å²) in [5.74, 6) is -0.482. The molecule has 1 aliphatic rings. The molecule has 1 heterocycles. The second-order valence-electron chi connectivity index (χ2n) is 4.75. The predicted molar refractivity (Wildman–Crippen MR) is 69.3 cm³/mol. The van der Waals surface area contributed by atoms with Crippen LogP contribution in [0.4, 0.5) is 0 Å². The first-order chi connectivity index (χ1) is 8.73. The molecule has 4 heteroatoms. The highest BCUT2D eigenvalue weighted by Crippen LogP contribution is 2.28. The van der Waals surface area contributed by atoms with Crippen LogP contribution in [0.5, 0.6) is 0 Å². The molecule has 0 aliphatic carbocycles. The lowest BCUT2D eigenvalue weighted by atomic mass is 9.99. The fourth-order valence-corrected chi connectivity index (χ4v) is 2.37. The number of likely N-dealkylation sites (tertiary alicyclic amines) is 1. The van der Waals surface area contributed by atoms with Gasteiger partial charge in [0.1, 0.15) is 0 Å². The molecule has 0 spiro atoms. The van der Waals surface area contributed by atoms with Crippen molar-refractivity contribution < 1.29 is 14.6 Å². The summed E-state index contributed by atoms with van der Waals surface area (Å²) in [6.07, 6.45) is 0.848. The van der Waals surface area contributed by atoms with Gasteiger partial charge in [-0.25, -0.2) is 0 Å². The molecule has 1 N–H and O–H groups in total. The van der Waals surface area contributed by atoms with Gasteiger partial charge in [0.25, 0.3) is 0 Å². The van der Waals surface area contributed by atoms with Crippen molar-refractivity contribution in [3.05, 3.63) is 35.9 Å². The van der Waals surface area contributed by atoms with Gasteiger partial charge in [-0.15, -0.1) is 0 Å². The van der Waals surface area contributed by atoms with E-state index >= 15 is 0 Å². The monoisotopic (exact) mass is 251 g/mol. The minimum atomic E-state index is -0.482. The Kier molecular flexibility index (Phi) is 4.35. The van der Waals surface area contributed by atoms with E-state index in [4.69, 9.17) is 9.47 Å². The number of rotatable bonds is 6. The van der Waals surface area contributed by atoms with Gasteiger partial charge in [0, 0.05) is 20.3 Å². The van der Waals surface area contributed by atoms with Gasteiger partial charge in [-0.1, -0.05) is 30.3 Å². The van der Waals surface area contributed by atoms with Crippen LogP contribution >= 0.6 is 0 Å². The van der Waals surface area contributed by atoms with Crippen LogP contribution in [0.3, 0.4) is 0 Å². The van der Waals surface area contributed by atoms with E-state index < -0.39 is 5.79 Å². The van der Waals surface area contributed by atoms with E-state index in [9.17, 15) is 5.11 Å². The summed E-state index contributed by atoms with van der Waals surface area (Å²) in [5, 5.41) is 9.52. The summed E-state index contributed by atoms with van der Waals surface area (Å²) in [6, 6.07) is 10.3. The van der Waals surface area contributed by atoms with Gasteiger partial charge in [-0.3, -0.25) is 4.90 Å². The molecular formula is C14H21NO3. The van der Waals surface area contributed by atoms with Crippen LogP contribution in [0.1, 0.15) is 5.56 Å². The lowest BCUT2D eigenvalue weighted by Gasteiger charge is -2.50. The molecule has 4 nitrogen and oxygen atoms in total. The Morgan fingerprint density at radius 3 is 2.33 bits per heavy atom. The number of aliphatic hydroxyl groups excluding tert-OH is 1. The minimum absolute atomic E-state index is 0.130. The average molecular weight is 251 g/mol. The molecule has 2 rings (SSSR count). The first kappa shape index (κ1) is 13.5. The molecule has 0 aromatic heterocycles. The Labute approximate surface area is 108 Å². The maximum atomic E-state index is 9.52. The number of aliphatic hydroxyl groups is 1. The number of nitrogens with zero attached hydrogens (tertiary/aromatic N) is 1. The standard InChI is InChI=1S/C14H21NO3/c1-17-14(18-2)10-15(11-14)13(9-16)8-12-6-4-3-5-7-12/h3-7,13,16H,8-11H2,1-2H3/t13-/m0/s1. The topological polar surface area (TPSA) is 41.9 Å². The first-order valence-electron chi connectivity index (χ1n) is 6.22. The maximum Gasteiger partial charge on any atom is 0.193 e. The largest absolute Gasteiger partial charge is 0.395 e. The van der Waals surface area contributed by atoms with Crippen LogP contribution in [-0.2, 0) is 15.9 Å². The average Bonchev–Trinajstić information content (AvgIpc) is 2.38. The van der Waals surface area contributed by atoms with Crippen LogP contribution in [0.2, 0.25) is 0 Å². The quantitative estimate of drug-likeness (QED) is 0.763. The molecule has 1 saturated heterocycles. The number of hydrogen-bond acceptors (Lipinski definition) is 4. The maximum absolute atomic E-state index is 9.52. The number of methoxy groups -OCH3 is 2. The summed E-state index contributed by atoms with van der Waals surface area (Å²) in [4.78, 5) is 2.19. The van der Waals surface area contributed by atoms with E-state index in [2.05, 4.69) is 17.0 Å². The number of ether oxygens (including phenoxy) is 2. The summed E-state index contributed by atoms with van der Waals surface area (Å²) < 4.78 is 10.7. The molecule has 0 amide bonds. The molecule has 1 aromatic carbocycles. The van der Waals surface area contributed by atoms with E-state index in [0.29, 0.717) is 13.1 Å². The molecule has 0 saturated carbocycles. The van der Waals surface area contributed by atoms with Gasteiger partial charge < -0.3 is 14.6 Å². The minimum Gasteiger partial charge on any atom is -0.395 e. The predicted octanol–water partition coefficient (Wildman–Crippen LogP) is 0.895. The third-order valence-electron chi connectivity index (χ3n) is 3.67. The SMILES string of the molecule is COC1(OC)CN([C@H](CO)Cc2ccccc2)C1. The van der Waals surface area contributed by atoms with E-state index in [-0.39, 0.29) is 12.6 Å². The second-order valence-corrected chi connectivity index (χ2v) is 4.75. The number of hydrogen-bond donors (Lipinski definition) is 1. The van der Waals surface area contributed by atoms with Crippen molar-refractivity contribution in [3.63, 3.8) is 0 Å². The van der Waals surface area contributed by atoms with Crippen molar-refractivity contribution in [2.45, 2.75) is 18.2 Å². The highest BCUT2D eigenvalue weighted by Gasteiger charge is 2.46. The fourth-order valence-electron chi connectivity index (χ4n) is 2.37. The van der Waals surface area contributed by atoms with E-state index in [1.165, 1.54) is 5.56 Å². The van der Waals surface area contributed by atoms with Gasteiger partial charge in [-0.05, 0) is 12.0 Å². The van der Waals surface area contributed by atoms with Crippen LogP contribution in [-0.4, -0.2) is 55.8 Å². The van der Waals surface area contributed by atoms with E-state index in [1.54, 1.807) is 14.2 Å². The molecule has 1 atom stereocenters. The molecule has 18 heavy (non-hydrogen) atoms. The Hall–Kier alpha value is -0.940. The van der Waals surface area contributed by atoms with Gasteiger partial charge in [0.15, 0.2) is 5.79 Å². The molecule has 0 unspecified atom stereocenters. The van der Waals surface area contributed by atoms with Gasteiger partial charge in [0.2, 0.25) is 0 Å². The van der Waals surface area contributed by atoms with E-state index in [1.807, 2.05) is 18.2 Å². The van der Waals surface area contributed by atoms with Crippen molar-refractivity contribution in [2.75, 3.05) is 33.9 Å². The Bertz CT molecular complexity index is 357. The van der Waals surface area contributed by atoms with Crippen molar-refractivity contribution in [1.29, 1.82) is 0 Å². The smallest absolute Gasteiger partial charge is 0.193 e. The third kappa shape index (κ3) is 2.72. The molecule has 1 aromatic rings. The van der Waals surface area contributed by atoms with Crippen LogP contribution in [0.15, 0.2) is 30.3 Å². The molecule has 0 radical (unpaired) electrons. The normalized spacial score (nSPS) is 20.4. The van der Waals surface area contributed by atoms with Crippen LogP contribution in [0.25, 0.3) is 0 Å². The van der Waals surface area contributed by atoms with Crippen LogP contribution in [0, 0.1) is 0 Å². The summed E-state index contributed by atoms with van der Waals surface area (Å²) >= 11 is 0. The summed E-state index contributed by atoms with van der Waals surface area (Å²) in [6.45, 7) is 1.56. The Morgan fingerprint density at radius 1 is 1.22 bits per heavy atom. The molecule has 100 valence electrons. The lowest BCUT2D eigenvalue weighted by Crippen LogP contribution is -2.67. The lowest BCUT2D eigenvalue weighted by molar-refractivity contribution is -0.283. The van der Waals surface area contributed by atoms with Crippen molar-refractivity contribution >= 4 is 0 Å². The van der Waals surface area contributed by atoms with Crippen molar-refractivity contribution in [2.24, 2.45) is 0 Å². The zero-order valence-corrected chi connectivity index (χ0v) is 11.0. The second kappa shape index (κ2) is 5.80. The zero-order chi connectivity index (χ0) is 13.0. The molecular weight excluding hydrogens is 230 g/mol. The van der Waals surface area contributed by atoms with Gasteiger partial charge >= 0.3 is 0 Å². The summed E-state index contributed by atoms with van der Waals surface area (Å²) in [5.41, 5.74) is 1.24. The summed E-state index contributed by atoms with van der Waals surface area (Å²) in [7, 11) is 3.32. The molecule has 1 aliphatic heterocycles. The van der Waals surface area contributed by atoms with Crippen molar-refractivity contribution in [1.82, 2.24) is 4.90 Å². The fraction of sp³-hybridized carbons (Fsp3) is 0.571. The Morgan fingerprint density at radius 2 is 1.83 bits per heavy atom. The van der Waals surface area contributed by atoms with Gasteiger partial charge in [-0.2, -0.15) is 0 Å². The third-order valence-corrected chi connectivity index (χ3v) is 3.67. The van der Waals surface area contributed by atoms with Gasteiger partial charge in [0.05, 0.1) is 19.7 Å². The molecule has 1 fully saturated rings. The van der Waals surface area contributed by atoms with E-state index in [0.717, 1.165) is 6.42 Å². The zero-order valence-electron chi connectivity index (χ0n) is 11.0. The first-order valence-corrected chi connectivity index (χ1v) is 6.22.